The summed E-state index contributed by atoms with van der Waals surface area (Å²) in [5, 5.41) is 0. The summed E-state index contributed by atoms with van der Waals surface area (Å²) in [5.41, 5.74) is 0.176. The van der Waals surface area contributed by atoms with E-state index in [-0.39, 0.29) is 24.5 Å². The maximum Gasteiger partial charge on any atom is 0.401 e. The Kier molecular flexibility index (Phi) is 5.87. The van der Waals surface area contributed by atoms with Crippen LogP contribution in [0, 0.1) is 5.82 Å². The molecule has 0 saturated carbocycles. The fourth-order valence-corrected chi connectivity index (χ4v) is 1.85. The summed E-state index contributed by atoms with van der Waals surface area (Å²) in [7, 11) is 1.39. The highest BCUT2D eigenvalue weighted by molar-refractivity contribution is 6.18. The smallest absolute Gasteiger partial charge is 0.401 e. The zero-order valence-electron chi connectivity index (χ0n) is 10.3. The molecule has 0 saturated heterocycles. The average molecular weight is 300 g/mol. The Morgan fingerprint density at radius 2 is 2.00 bits per heavy atom. The van der Waals surface area contributed by atoms with Crippen LogP contribution >= 0.6 is 11.6 Å². The first-order valence-electron chi connectivity index (χ1n) is 5.53. The summed E-state index contributed by atoms with van der Waals surface area (Å²) in [4.78, 5) is 1.05. The van der Waals surface area contributed by atoms with Crippen LogP contribution in [0.2, 0.25) is 0 Å². The second-order valence-electron chi connectivity index (χ2n) is 3.97. The molecular weight excluding hydrogens is 286 g/mol. The number of benzene rings is 1. The normalized spacial score (nSPS) is 11.9. The van der Waals surface area contributed by atoms with Crippen molar-refractivity contribution in [3.63, 3.8) is 0 Å². The Morgan fingerprint density at radius 1 is 1.32 bits per heavy atom. The molecule has 0 amide bonds. The van der Waals surface area contributed by atoms with Crippen molar-refractivity contribution in [3.8, 4) is 5.75 Å². The Morgan fingerprint density at radius 3 is 2.47 bits per heavy atom. The Bertz CT molecular complexity index is 411. The molecule has 0 fully saturated rings. The van der Waals surface area contributed by atoms with Gasteiger partial charge in [-0.05, 0) is 6.07 Å². The summed E-state index contributed by atoms with van der Waals surface area (Å²) < 4.78 is 55.5. The summed E-state index contributed by atoms with van der Waals surface area (Å²) in [5.74, 6) is -0.226. The number of ether oxygens (including phenoxy) is 1. The van der Waals surface area contributed by atoms with Gasteiger partial charge in [-0.1, -0.05) is 6.07 Å². The van der Waals surface area contributed by atoms with Crippen molar-refractivity contribution < 1.29 is 22.3 Å². The number of nitrogens with zero attached hydrogens (tertiary/aromatic N) is 1. The zero-order chi connectivity index (χ0) is 14.5. The lowest BCUT2D eigenvalue weighted by Gasteiger charge is -2.23. The molecule has 0 aliphatic rings. The third-order valence-electron chi connectivity index (χ3n) is 2.46. The van der Waals surface area contributed by atoms with E-state index in [0.29, 0.717) is 5.75 Å². The molecule has 108 valence electrons. The van der Waals surface area contributed by atoms with E-state index in [1.165, 1.54) is 19.2 Å². The summed E-state index contributed by atoms with van der Waals surface area (Å²) in [6, 6.07) is 4.05. The summed E-state index contributed by atoms with van der Waals surface area (Å²) in [6.07, 6.45) is -4.34. The minimum atomic E-state index is -4.34. The lowest BCUT2D eigenvalue weighted by Crippen LogP contribution is -2.35. The molecule has 0 atom stereocenters. The molecule has 0 aromatic heterocycles. The van der Waals surface area contributed by atoms with Gasteiger partial charge in [-0.3, -0.25) is 4.90 Å². The van der Waals surface area contributed by atoms with Crippen molar-refractivity contribution in [1.29, 1.82) is 0 Å². The van der Waals surface area contributed by atoms with E-state index in [1.54, 1.807) is 0 Å². The number of alkyl halides is 4. The molecule has 1 rings (SSSR count). The molecule has 2 nitrogen and oxygen atoms in total. The molecule has 19 heavy (non-hydrogen) atoms. The van der Waals surface area contributed by atoms with Gasteiger partial charge >= 0.3 is 6.18 Å². The minimum absolute atomic E-state index is 0.0343. The van der Waals surface area contributed by atoms with E-state index in [9.17, 15) is 17.6 Å². The second-order valence-corrected chi connectivity index (χ2v) is 4.35. The predicted molar refractivity (Wildman–Crippen MR) is 65.0 cm³/mol. The quantitative estimate of drug-likeness (QED) is 0.589. The van der Waals surface area contributed by atoms with Gasteiger partial charge in [0.05, 0.1) is 13.7 Å². The fraction of sp³-hybridized carbons (Fsp3) is 0.500. The molecule has 1 aromatic rings. The van der Waals surface area contributed by atoms with Crippen LogP contribution in [0.4, 0.5) is 17.6 Å². The van der Waals surface area contributed by atoms with Crippen LogP contribution in [0.5, 0.6) is 5.75 Å². The van der Waals surface area contributed by atoms with Gasteiger partial charge in [-0.2, -0.15) is 13.2 Å². The van der Waals surface area contributed by atoms with E-state index in [4.69, 9.17) is 16.3 Å². The molecule has 0 bridgehead atoms. The maximum atomic E-state index is 13.6. The van der Waals surface area contributed by atoms with Crippen LogP contribution in [-0.2, 0) is 6.54 Å². The van der Waals surface area contributed by atoms with E-state index in [1.807, 2.05) is 0 Å². The Labute approximate surface area is 113 Å². The monoisotopic (exact) mass is 299 g/mol. The topological polar surface area (TPSA) is 12.5 Å². The van der Waals surface area contributed by atoms with Crippen molar-refractivity contribution in [2.75, 3.05) is 26.1 Å². The van der Waals surface area contributed by atoms with Crippen LogP contribution in [-0.4, -0.2) is 37.2 Å². The second kappa shape index (κ2) is 6.96. The highest BCUT2D eigenvalue weighted by Crippen LogP contribution is 2.21. The SMILES string of the molecule is COc1ccc(CN(CCCl)CC(F)(F)F)c(F)c1. The van der Waals surface area contributed by atoms with E-state index in [0.717, 1.165) is 11.0 Å². The lowest BCUT2D eigenvalue weighted by atomic mass is 10.2. The molecule has 0 N–H and O–H groups in total. The van der Waals surface area contributed by atoms with Crippen LogP contribution in [0.3, 0.4) is 0 Å². The number of methoxy groups -OCH3 is 1. The third kappa shape index (κ3) is 5.65. The Hall–Kier alpha value is -1.01. The molecule has 0 radical (unpaired) electrons. The minimum Gasteiger partial charge on any atom is -0.497 e. The highest BCUT2D eigenvalue weighted by Gasteiger charge is 2.30. The van der Waals surface area contributed by atoms with Crippen molar-refractivity contribution in [2.45, 2.75) is 12.7 Å². The van der Waals surface area contributed by atoms with Gasteiger partial charge in [-0.15, -0.1) is 11.6 Å². The van der Waals surface area contributed by atoms with Gasteiger partial charge in [0.15, 0.2) is 0 Å². The third-order valence-corrected chi connectivity index (χ3v) is 2.63. The highest BCUT2D eigenvalue weighted by atomic mass is 35.5. The largest absolute Gasteiger partial charge is 0.497 e. The molecule has 0 aliphatic carbocycles. The average Bonchev–Trinajstić information content (AvgIpc) is 2.30. The summed E-state index contributed by atoms with van der Waals surface area (Å²) in [6.45, 7) is -1.24. The first kappa shape index (κ1) is 16.0. The van der Waals surface area contributed by atoms with Crippen molar-refractivity contribution >= 4 is 11.6 Å². The number of halogens is 5. The van der Waals surface area contributed by atoms with Gasteiger partial charge < -0.3 is 4.74 Å². The van der Waals surface area contributed by atoms with Crippen molar-refractivity contribution in [2.24, 2.45) is 0 Å². The standard InChI is InChI=1S/C12H14ClF4NO/c1-19-10-3-2-9(11(14)6-10)7-18(5-4-13)8-12(15,16)17/h2-3,6H,4-5,7-8H2,1H3. The lowest BCUT2D eigenvalue weighted by molar-refractivity contribution is -0.146. The van der Waals surface area contributed by atoms with Crippen LogP contribution in [0.1, 0.15) is 5.56 Å². The Balaban J connectivity index is 2.78. The fourth-order valence-electron chi connectivity index (χ4n) is 1.61. The molecule has 0 heterocycles. The van der Waals surface area contributed by atoms with Gasteiger partial charge in [0.2, 0.25) is 0 Å². The van der Waals surface area contributed by atoms with Gasteiger partial charge in [0.25, 0.3) is 0 Å². The number of hydrogen-bond donors (Lipinski definition) is 0. The molecular formula is C12H14ClF4NO. The predicted octanol–water partition coefficient (Wildman–Crippen LogP) is 3.44. The van der Waals surface area contributed by atoms with E-state index in [2.05, 4.69) is 0 Å². The van der Waals surface area contributed by atoms with Crippen molar-refractivity contribution in [1.82, 2.24) is 4.90 Å². The van der Waals surface area contributed by atoms with Gasteiger partial charge in [0, 0.05) is 30.6 Å². The summed E-state index contributed by atoms with van der Waals surface area (Å²) >= 11 is 5.46. The number of rotatable bonds is 6. The molecule has 1 aromatic carbocycles. The zero-order valence-corrected chi connectivity index (χ0v) is 11.1. The van der Waals surface area contributed by atoms with Crippen LogP contribution in [0.15, 0.2) is 18.2 Å². The van der Waals surface area contributed by atoms with Gasteiger partial charge in [0.1, 0.15) is 11.6 Å². The molecule has 0 unspecified atom stereocenters. The van der Waals surface area contributed by atoms with Crippen LogP contribution < -0.4 is 4.74 Å². The van der Waals surface area contributed by atoms with E-state index >= 15 is 0 Å². The van der Waals surface area contributed by atoms with E-state index < -0.39 is 18.5 Å². The number of hydrogen-bond acceptors (Lipinski definition) is 2. The molecule has 7 heteroatoms. The van der Waals surface area contributed by atoms with Crippen LogP contribution in [0.25, 0.3) is 0 Å². The van der Waals surface area contributed by atoms with Crippen molar-refractivity contribution in [3.05, 3.63) is 29.6 Å². The first-order valence-corrected chi connectivity index (χ1v) is 6.06. The molecule has 0 aliphatic heterocycles. The van der Waals surface area contributed by atoms with Gasteiger partial charge in [-0.25, -0.2) is 4.39 Å². The molecule has 0 spiro atoms. The maximum absolute atomic E-state index is 13.6. The first-order chi connectivity index (χ1) is 8.85.